The second kappa shape index (κ2) is 8.44. The van der Waals surface area contributed by atoms with Crippen LogP contribution < -0.4 is 9.64 Å². The summed E-state index contributed by atoms with van der Waals surface area (Å²) >= 11 is 6.04. The van der Waals surface area contributed by atoms with E-state index in [4.69, 9.17) is 16.3 Å². The third-order valence-corrected chi connectivity index (χ3v) is 4.14. The molecule has 0 saturated carbocycles. The van der Waals surface area contributed by atoms with Crippen molar-refractivity contribution in [2.45, 2.75) is 38.5 Å². The van der Waals surface area contributed by atoms with Crippen LogP contribution in [0.25, 0.3) is 0 Å². The predicted molar refractivity (Wildman–Crippen MR) is 80.2 cm³/mol. The van der Waals surface area contributed by atoms with E-state index in [0.717, 1.165) is 18.8 Å². The van der Waals surface area contributed by atoms with Crippen molar-refractivity contribution in [1.29, 1.82) is 0 Å². The number of benzene rings is 1. The van der Waals surface area contributed by atoms with Gasteiger partial charge >= 0.3 is 0 Å². The number of halogens is 1. The number of hydrogen-bond donors (Lipinski definition) is 1. The van der Waals surface area contributed by atoms with E-state index in [1.807, 2.05) is 24.3 Å². The summed E-state index contributed by atoms with van der Waals surface area (Å²) in [6.45, 7) is 4.89. The minimum atomic E-state index is 0.709. The average molecular weight is 283 g/mol. The van der Waals surface area contributed by atoms with Crippen LogP contribution in [0.2, 0.25) is 5.02 Å². The number of piperidine rings is 1. The van der Waals surface area contributed by atoms with Crippen molar-refractivity contribution in [3.05, 3.63) is 29.3 Å². The largest absolute Gasteiger partial charge is 0.492 e. The summed E-state index contributed by atoms with van der Waals surface area (Å²) < 4.78 is 5.69. The molecule has 1 heterocycles. The third-order valence-electron chi connectivity index (χ3n) is 3.83. The van der Waals surface area contributed by atoms with Gasteiger partial charge in [-0.05, 0) is 50.7 Å². The Hall–Kier alpha value is -0.730. The highest BCUT2D eigenvalue weighted by molar-refractivity contribution is 6.32. The fourth-order valence-electron chi connectivity index (χ4n) is 2.70. The second-order valence-corrected chi connectivity index (χ2v) is 5.81. The molecule has 1 aromatic rings. The molecule has 2 rings (SSSR count). The highest BCUT2D eigenvalue weighted by Crippen LogP contribution is 2.23. The Morgan fingerprint density at radius 1 is 1.00 bits per heavy atom. The summed E-state index contributed by atoms with van der Waals surface area (Å²) in [5, 5.41) is 0.709. The maximum absolute atomic E-state index is 6.04. The van der Waals surface area contributed by atoms with Crippen molar-refractivity contribution >= 4 is 11.6 Å². The highest BCUT2D eigenvalue weighted by Gasteiger charge is 2.12. The Kier molecular flexibility index (Phi) is 6.52. The van der Waals surface area contributed by atoms with Crippen LogP contribution in [0.3, 0.4) is 0 Å². The lowest BCUT2D eigenvalue weighted by Gasteiger charge is -2.23. The normalized spacial score (nSPS) is 16.5. The minimum Gasteiger partial charge on any atom is -0.492 e. The van der Waals surface area contributed by atoms with Gasteiger partial charge in [-0.3, -0.25) is 0 Å². The molecule has 0 unspecified atom stereocenters. The van der Waals surface area contributed by atoms with E-state index in [0.29, 0.717) is 5.02 Å². The molecule has 19 heavy (non-hydrogen) atoms. The first-order valence-corrected chi connectivity index (χ1v) is 7.95. The van der Waals surface area contributed by atoms with Gasteiger partial charge in [-0.25, -0.2) is 0 Å². The van der Waals surface area contributed by atoms with Crippen LogP contribution in [0.5, 0.6) is 5.75 Å². The molecule has 106 valence electrons. The molecule has 0 atom stereocenters. The van der Waals surface area contributed by atoms with Crippen molar-refractivity contribution in [3.63, 3.8) is 0 Å². The molecule has 1 N–H and O–H groups in total. The summed E-state index contributed by atoms with van der Waals surface area (Å²) in [5.74, 6) is 0.811. The molecule has 1 saturated heterocycles. The van der Waals surface area contributed by atoms with Crippen LogP contribution in [0.4, 0.5) is 0 Å². The van der Waals surface area contributed by atoms with E-state index >= 15 is 0 Å². The molecule has 1 fully saturated rings. The molecule has 0 amide bonds. The number of nitrogens with one attached hydrogen (secondary N) is 1. The monoisotopic (exact) mass is 282 g/mol. The van der Waals surface area contributed by atoms with Gasteiger partial charge in [0.05, 0.1) is 31.3 Å². The zero-order valence-electron chi connectivity index (χ0n) is 11.7. The lowest BCUT2D eigenvalue weighted by Crippen LogP contribution is -3.12. The van der Waals surface area contributed by atoms with E-state index in [-0.39, 0.29) is 0 Å². The van der Waals surface area contributed by atoms with Gasteiger partial charge in [-0.15, -0.1) is 0 Å². The van der Waals surface area contributed by atoms with Gasteiger partial charge in [0.15, 0.2) is 0 Å². The average Bonchev–Trinajstić information content (AvgIpc) is 2.45. The molecular weight excluding hydrogens is 258 g/mol. The SMILES string of the molecule is Clc1ccccc1OCCCCC[NH+]1CCCCC1. The van der Waals surface area contributed by atoms with Crippen LogP contribution in [0.1, 0.15) is 38.5 Å². The summed E-state index contributed by atoms with van der Waals surface area (Å²) in [4.78, 5) is 1.80. The molecule has 2 nitrogen and oxygen atoms in total. The third kappa shape index (κ3) is 5.42. The van der Waals surface area contributed by atoms with Crippen LogP contribution >= 0.6 is 11.6 Å². The van der Waals surface area contributed by atoms with Gasteiger partial charge in [0.1, 0.15) is 5.75 Å². The number of unbranched alkanes of at least 4 members (excludes halogenated alkanes) is 2. The van der Waals surface area contributed by atoms with Crippen LogP contribution in [0, 0.1) is 0 Å². The fraction of sp³-hybridized carbons (Fsp3) is 0.625. The highest BCUT2D eigenvalue weighted by atomic mass is 35.5. The van der Waals surface area contributed by atoms with Gasteiger partial charge < -0.3 is 9.64 Å². The number of rotatable bonds is 7. The van der Waals surface area contributed by atoms with E-state index in [9.17, 15) is 0 Å². The van der Waals surface area contributed by atoms with E-state index in [2.05, 4.69) is 0 Å². The van der Waals surface area contributed by atoms with Gasteiger partial charge in [0.2, 0.25) is 0 Å². The fourth-order valence-corrected chi connectivity index (χ4v) is 2.89. The first kappa shape index (κ1) is 14.7. The van der Waals surface area contributed by atoms with Gasteiger partial charge in [-0.2, -0.15) is 0 Å². The molecular formula is C16H25ClNO+. The number of likely N-dealkylation sites (tertiary alicyclic amines) is 1. The Morgan fingerprint density at radius 3 is 2.58 bits per heavy atom. The Morgan fingerprint density at radius 2 is 1.79 bits per heavy atom. The maximum atomic E-state index is 6.04. The molecule has 1 aliphatic rings. The Labute approximate surface area is 121 Å². The quantitative estimate of drug-likeness (QED) is 0.759. The topological polar surface area (TPSA) is 13.7 Å². The van der Waals surface area contributed by atoms with Crippen molar-refractivity contribution < 1.29 is 9.64 Å². The zero-order chi connectivity index (χ0) is 13.3. The predicted octanol–water partition coefficient (Wildman–Crippen LogP) is 2.96. The second-order valence-electron chi connectivity index (χ2n) is 5.40. The van der Waals surface area contributed by atoms with Gasteiger partial charge in [0, 0.05) is 0 Å². The molecule has 0 spiro atoms. The lowest BCUT2D eigenvalue weighted by atomic mass is 10.1. The molecule has 0 aromatic heterocycles. The number of para-hydroxylation sites is 1. The minimum absolute atomic E-state index is 0.709. The first-order valence-electron chi connectivity index (χ1n) is 7.57. The van der Waals surface area contributed by atoms with E-state index in [1.54, 1.807) is 4.90 Å². The first-order chi connectivity index (χ1) is 9.36. The maximum Gasteiger partial charge on any atom is 0.137 e. The Balaban J connectivity index is 1.51. The molecule has 1 aromatic carbocycles. The summed E-state index contributed by atoms with van der Waals surface area (Å²) in [5.41, 5.74) is 0. The summed E-state index contributed by atoms with van der Waals surface area (Å²) in [6.07, 6.45) is 7.98. The van der Waals surface area contributed by atoms with Crippen molar-refractivity contribution in [3.8, 4) is 5.75 Å². The smallest absolute Gasteiger partial charge is 0.137 e. The summed E-state index contributed by atoms with van der Waals surface area (Å²) in [7, 11) is 0. The van der Waals surface area contributed by atoms with Crippen molar-refractivity contribution in [1.82, 2.24) is 0 Å². The van der Waals surface area contributed by atoms with Crippen molar-refractivity contribution in [2.24, 2.45) is 0 Å². The van der Waals surface area contributed by atoms with Gasteiger partial charge in [0.25, 0.3) is 0 Å². The number of ether oxygens (including phenoxy) is 1. The lowest BCUT2D eigenvalue weighted by molar-refractivity contribution is -0.905. The standard InChI is InChI=1S/C16H24ClNO/c17-15-9-3-4-10-16(15)19-14-8-2-7-13-18-11-5-1-6-12-18/h3-4,9-10H,1-2,5-8,11-14H2/p+1. The van der Waals surface area contributed by atoms with E-state index < -0.39 is 0 Å². The molecule has 3 heteroatoms. The van der Waals surface area contributed by atoms with E-state index in [1.165, 1.54) is 51.7 Å². The molecule has 0 aliphatic carbocycles. The molecule has 0 bridgehead atoms. The number of hydrogen-bond acceptors (Lipinski definition) is 1. The van der Waals surface area contributed by atoms with Crippen LogP contribution in [-0.2, 0) is 0 Å². The van der Waals surface area contributed by atoms with Gasteiger partial charge in [-0.1, -0.05) is 23.7 Å². The van der Waals surface area contributed by atoms with Crippen LogP contribution in [0.15, 0.2) is 24.3 Å². The molecule has 1 aliphatic heterocycles. The number of quaternary nitrogens is 1. The summed E-state index contributed by atoms with van der Waals surface area (Å²) in [6, 6.07) is 7.69. The van der Waals surface area contributed by atoms with Crippen molar-refractivity contribution in [2.75, 3.05) is 26.2 Å². The van der Waals surface area contributed by atoms with Crippen LogP contribution in [-0.4, -0.2) is 26.2 Å². The molecule has 0 radical (unpaired) electrons. The Bertz CT molecular complexity index is 364. The zero-order valence-corrected chi connectivity index (χ0v) is 12.4.